The molecule has 0 heterocycles. The van der Waals surface area contributed by atoms with E-state index in [2.05, 4.69) is 60.7 Å². The van der Waals surface area contributed by atoms with E-state index in [1.807, 2.05) is 13.0 Å². The smallest absolute Gasteiger partial charge is 0.0223 e. The van der Waals surface area contributed by atoms with Crippen molar-refractivity contribution in [3.63, 3.8) is 0 Å². The van der Waals surface area contributed by atoms with Crippen molar-refractivity contribution in [1.29, 1.82) is 0 Å². The summed E-state index contributed by atoms with van der Waals surface area (Å²) in [5.41, 5.74) is 3.84. The monoisotopic (exact) mass is 280 g/mol. The van der Waals surface area contributed by atoms with Gasteiger partial charge in [-0.25, -0.2) is 0 Å². The molecule has 0 aromatic carbocycles. The topological polar surface area (TPSA) is 0 Å². The Morgan fingerprint density at radius 1 is 1.12 bits per heavy atom. The van der Waals surface area contributed by atoms with Crippen molar-refractivity contribution >= 4 is 15.9 Å². The summed E-state index contributed by atoms with van der Waals surface area (Å²) in [5, 5.41) is 0.872. The third-order valence-electron chi connectivity index (χ3n) is 2.06. The summed E-state index contributed by atoms with van der Waals surface area (Å²) in [4.78, 5) is 0. The van der Waals surface area contributed by atoms with Gasteiger partial charge in [0.15, 0.2) is 0 Å². The molecule has 0 spiro atoms. The van der Waals surface area contributed by atoms with Crippen molar-refractivity contribution in [3.8, 4) is 11.8 Å². The Labute approximate surface area is 109 Å². The predicted molar refractivity (Wildman–Crippen MR) is 77.7 cm³/mol. The molecule has 88 valence electrons. The first-order valence-corrected chi connectivity index (χ1v) is 6.71. The van der Waals surface area contributed by atoms with Gasteiger partial charge < -0.3 is 0 Å². The molecule has 0 bridgehead atoms. The summed E-state index contributed by atoms with van der Waals surface area (Å²) in [5.74, 6) is 6.19. The van der Waals surface area contributed by atoms with Gasteiger partial charge in [0, 0.05) is 5.33 Å². The zero-order chi connectivity index (χ0) is 12.4. The van der Waals surface area contributed by atoms with Gasteiger partial charge in [-0.1, -0.05) is 51.1 Å². The molecule has 0 aliphatic rings. The van der Waals surface area contributed by atoms with Crippen LogP contribution in [0, 0.1) is 11.8 Å². The lowest BCUT2D eigenvalue weighted by Gasteiger charge is -1.95. The molecule has 0 fully saturated rings. The quantitative estimate of drug-likeness (QED) is 0.385. The molecular weight excluding hydrogens is 260 g/mol. The molecule has 0 nitrogen and oxygen atoms in total. The highest BCUT2D eigenvalue weighted by molar-refractivity contribution is 9.09. The summed E-state index contributed by atoms with van der Waals surface area (Å²) in [6.45, 7) is 8.43. The van der Waals surface area contributed by atoms with Gasteiger partial charge in [-0.3, -0.25) is 0 Å². The van der Waals surface area contributed by atoms with Gasteiger partial charge in [0.1, 0.15) is 0 Å². The van der Waals surface area contributed by atoms with Crippen molar-refractivity contribution in [2.45, 2.75) is 40.5 Å². The van der Waals surface area contributed by atoms with Gasteiger partial charge in [0.05, 0.1) is 0 Å². The van der Waals surface area contributed by atoms with E-state index in [-0.39, 0.29) is 0 Å². The van der Waals surface area contributed by atoms with Gasteiger partial charge in [0.25, 0.3) is 0 Å². The molecule has 0 aliphatic carbocycles. The van der Waals surface area contributed by atoms with Crippen LogP contribution in [0.25, 0.3) is 0 Å². The number of allylic oxidation sites excluding steroid dienone is 6. The summed E-state index contributed by atoms with van der Waals surface area (Å²) >= 11 is 3.35. The van der Waals surface area contributed by atoms with Gasteiger partial charge in [0.2, 0.25) is 0 Å². The summed E-state index contributed by atoms with van der Waals surface area (Å²) in [7, 11) is 0. The van der Waals surface area contributed by atoms with E-state index < -0.39 is 0 Å². The predicted octanol–water partition coefficient (Wildman–Crippen LogP) is 5.02. The summed E-state index contributed by atoms with van der Waals surface area (Å²) < 4.78 is 0. The zero-order valence-electron chi connectivity index (χ0n) is 10.7. The number of hydrogen-bond acceptors (Lipinski definition) is 0. The van der Waals surface area contributed by atoms with Crippen LogP contribution in [-0.4, -0.2) is 5.33 Å². The standard InChI is InChI=1S/C15H21Br/c1-13(2)7-5-8-14(3)9-6-10-15(4)11-12-16/h7,9,11H,5,8,12H2,1-4H3/b14-9+,15-11-. The Hall–Kier alpha value is -0.740. The van der Waals surface area contributed by atoms with Crippen LogP contribution in [0.1, 0.15) is 40.5 Å². The van der Waals surface area contributed by atoms with Crippen LogP contribution < -0.4 is 0 Å². The van der Waals surface area contributed by atoms with Crippen LogP contribution in [0.15, 0.2) is 34.9 Å². The molecule has 0 atom stereocenters. The van der Waals surface area contributed by atoms with E-state index in [0.29, 0.717) is 0 Å². The van der Waals surface area contributed by atoms with E-state index in [0.717, 1.165) is 23.7 Å². The lowest BCUT2D eigenvalue weighted by molar-refractivity contribution is 0.968. The molecular formula is C15H21Br. The Morgan fingerprint density at radius 3 is 2.38 bits per heavy atom. The fourth-order valence-electron chi connectivity index (χ4n) is 1.10. The second-order valence-corrected chi connectivity index (χ2v) is 4.77. The van der Waals surface area contributed by atoms with Crippen LogP contribution >= 0.6 is 15.9 Å². The first-order chi connectivity index (χ1) is 7.56. The van der Waals surface area contributed by atoms with Crippen molar-refractivity contribution < 1.29 is 0 Å². The molecule has 0 saturated carbocycles. The largest absolute Gasteiger partial charge is 0.0882 e. The molecule has 0 unspecified atom stereocenters. The minimum Gasteiger partial charge on any atom is -0.0882 e. The maximum Gasteiger partial charge on any atom is 0.0223 e. The normalized spacial score (nSPS) is 11.8. The molecule has 0 radical (unpaired) electrons. The lowest BCUT2D eigenvalue weighted by Crippen LogP contribution is -1.76. The van der Waals surface area contributed by atoms with Crippen LogP contribution in [0.5, 0.6) is 0 Å². The highest BCUT2D eigenvalue weighted by Gasteiger charge is 1.86. The molecule has 0 N–H and O–H groups in total. The minimum absolute atomic E-state index is 0.872. The van der Waals surface area contributed by atoms with Gasteiger partial charge in [-0.15, -0.1) is 0 Å². The van der Waals surface area contributed by atoms with Gasteiger partial charge in [-0.2, -0.15) is 0 Å². The Kier molecular flexibility index (Phi) is 9.04. The number of rotatable bonds is 4. The molecule has 0 aromatic heterocycles. The third kappa shape index (κ3) is 9.80. The van der Waals surface area contributed by atoms with E-state index >= 15 is 0 Å². The molecule has 0 amide bonds. The second kappa shape index (κ2) is 9.48. The van der Waals surface area contributed by atoms with Crippen molar-refractivity contribution in [2.24, 2.45) is 0 Å². The molecule has 16 heavy (non-hydrogen) atoms. The molecule has 0 aromatic rings. The molecule has 0 rings (SSSR count). The van der Waals surface area contributed by atoms with Gasteiger partial charge in [-0.05, 0) is 52.2 Å². The summed E-state index contributed by atoms with van der Waals surface area (Å²) in [6, 6.07) is 0. The van der Waals surface area contributed by atoms with Crippen LogP contribution in [-0.2, 0) is 0 Å². The minimum atomic E-state index is 0.872. The Morgan fingerprint density at radius 2 is 1.81 bits per heavy atom. The SMILES string of the molecule is CC(C)=CCC/C(C)=C/C#C/C(C)=C\CBr. The van der Waals surface area contributed by atoms with E-state index in [1.165, 1.54) is 11.1 Å². The highest BCUT2D eigenvalue weighted by atomic mass is 79.9. The summed E-state index contributed by atoms with van der Waals surface area (Å²) in [6.07, 6.45) is 8.56. The van der Waals surface area contributed by atoms with Crippen LogP contribution in [0.4, 0.5) is 0 Å². The number of halogens is 1. The van der Waals surface area contributed by atoms with Gasteiger partial charge >= 0.3 is 0 Å². The van der Waals surface area contributed by atoms with Crippen molar-refractivity contribution in [2.75, 3.05) is 5.33 Å². The average molecular weight is 281 g/mol. The highest BCUT2D eigenvalue weighted by Crippen LogP contribution is 2.05. The van der Waals surface area contributed by atoms with Crippen LogP contribution in [0.3, 0.4) is 0 Å². The van der Waals surface area contributed by atoms with Crippen molar-refractivity contribution in [3.05, 3.63) is 34.9 Å². The number of alkyl halides is 1. The zero-order valence-corrected chi connectivity index (χ0v) is 12.3. The molecule has 0 saturated heterocycles. The number of hydrogen-bond donors (Lipinski definition) is 0. The van der Waals surface area contributed by atoms with E-state index in [9.17, 15) is 0 Å². The average Bonchev–Trinajstić information content (AvgIpc) is 2.17. The maximum atomic E-state index is 3.35. The fraction of sp³-hybridized carbons (Fsp3) is 0.467. The van der Waals surface area contributed by atoms with E-state index in [1.54, 1.807) is 0 Å². The van der Waals surface area contributed by atoms with Crippen molar-refractivity contribution in [1.82, 2.24) is 0 Å². The second-order valence-electron chi connectivity index (χ2n) is 4.12. The third-order valence-corrected chi connectivity index (χ3v) is 2.39. The Balaban J connectivity index is 4.14. The fourth-order valence-corrected chi connectivity index (χ4v) is 1.59. The first kappa shape index (κ1) is 15.3. The van der Waals surface area contributed by atoms with E-state index in [4.69, 9.17) is 0 Å². The lowest BCUT2D eigenvalue weighted by atomic mass is 10.1. The maximum absolute atomic E-state index is 3.35. The first-order valence-electron chi connectivity index (χ1n) is 5.59. The Bertz CT molecular complexity index is 341. The molecule has 1 heteroatoms. The molecule has 0 aliphatic heterocycles. The van der Waals surface area contributed by atoms with Crippen LogP contribution in [0.2, 0.25) is 0 Å².